The van der Waals surface area contributed by atoms with Gasteiger partial charge in [-0.05, 0) is 6.26 Å². The molecule has 1 amide bonds. The number of hydrogen-bond acceptors (Lipinski definition) is 4. The third-order valence-corrected chi connectivity index (χ3v) is 1.63. The summed E-state index contributed by atoms with van der Waals surface area (Å²) in [5.74, 6) is 0.793. The lowest BCUT2D eigenvalue weighted by Gasteiger charge is -2.03. The summed E-state index contributed by atoms with van der Waals surface area (Å²) in [6.07, 6.45) is 2.57. The van der Waals surface area contributed by atoms with Gasteiger partial charge in [0, 0.05) is 18.7 Å². The van der Waals surface area contributed by atoms with Crippen molar-refractivity contribution in [3.63, 3.8) is 0 Å². The Balaban J connectivity index is 3.15. The zero-order valence-electron chi connectivity index (χ0n) is 7.04. The Kier molecular flexibility index (Phi) is 7.89. The molecular weight excluding hydrogens is 178 g/mol. The van der Waals surface area contributed by atoms with E-state index in [1.54, 1.807) is 11.8 Å². The third-order valence-electron chi connectivity index (χ3n) is 1.05. The first-order valence-corrected chi connectivity index (χ1v) is 5.04. The predicted molar refractivity (Wildman–Crippen MR) is 48.4 cm³/mol. The van der Waals surface area contributed by atoms with Gasteiger partial charge in [-0.15, -0.1) is 0 Å². The van der Waals surface area contributed by atoms with Crippen molar-refractivity contribution in [3.8, 4) is 0 Å². The second-order valence-electron chi connectivity index (χ2n) is 2.01. The molecule has 0 spiro atoms. The van der Waals surface area contributed by atoms with Crippen LogP contribution >= 0.6 is 11.8 Å². The number of rotatable bonds is 6. The second kappa shape index (κ2) is 8.39. The number of carbonyl (C=O) groups excluding carboxylic acids is 2. The molecule has 0 saturated heterocycles. The van der Waals surface area contributed by atoms with Gasteiger partial charge in [-0.2, -0.15) is 11.8 Å². The van der Waals surface area contributed by atoms with Gasteiger partial charge in [0.1, 0.15) is 12.9 Å². The predicted octanol–water partition coefficient (Wildman–Crippen LogP) is 0.665. The van der Waals surface area contributed by atoms with Crippen molar-refractivity contribution in [1.82, 2.24) is 5.32 Å². The normalized spacial score (nSPS) is 9.08. The molecule has 0 saturated carbocycles. The van der Waals surface area contributed by atoms with E-state index >= 15 is 0 Å². The first-order valence-electron chi connectivity index (χ1n) is 3.64. The summed E-state index contributed by atoms with van der Waals surface area (Å²) in [7, 11) is 0. The van der Waals surface area contributed by atoms with Gasteiger partial charge in [0.2, 0.25) is 0 Å². The third kappa shape index (κ3) is 7.40. The molecule has 12 heavy (non-hydrogen) atoms. The summed E-state index contributed by atoms with van der Waals surface area (Å²) < 4.78 is 4.74. The maximum Gasteiger partial charge on any atom is 0.407 e. The molecule has 0 rings (SSSR count). The number of carbonyl (C=O) groups is 2. The molecule has 1 N–H and O–H groups in total. The van der Waals surface area contributed by atoms with Crippen molar-refractivity contribution < 1.29 is 14.3 Å². The van der Waals surface area contributed by atoms with Crippen LogP contribution in [0.25, 0.3) is 0 Å². The maximum atomic E-state index is 10.7. The highest BCUT2D eigenvalue weighted by Gasteiger charge is 1.98. The first kappa shape index (κ1) is 11.3. The highest BCUT2D eigenvalue weighted by atomic mass is 32.2. The van der Waals surface area contributed by atoms with Gasteiger partial charge in [0.05, 0.1) is 0 Å². The SMILES string of the molecule is CSCCOC(=O)NCCC=O. The van der Waals surface area contributed by atoms with Gasteiger partial charge in [-0.3, -0.25) is 0 Å². The first-order chi connectivity index (χ1) is 5.81. The highest BCUT2D eigenvalue weighted by Crippen LogP contribution is 1.90. The lowest BCUT2D eigenvalue weighted by Crippen LogP contribution is -2.26. The lowest BCUT2D eigenvalue weighted by molar-refractivity contribution is -0.107. The van der Waals surface area contributed by atoms with Crippen LogP contribution in [0.3, 0.4) is 0 Å². The highest BCUT2D eigenvalue weighted by molar-refractivity contribution is 7.98. The van der Waals surface area contributed by atoms with Gasteiger partial charge in [0.15, 0.2) is 0 Å². The standard InChI is InChI=1S/C7H13NO3S/c1-12-6-5-11-7(10)8-3-2-4-9/h4H,2-3,5-6H2,1H3,(H,8,10). The van der Waals surface area contributed by atoms with Crippen molar-refractivity contribution in [2.24, 2.45) is 0 Å². The minimum absolute atomic E-state index is 0.331. The van der Waals surface area contributed by atoms with E-state index in [0.29, 0.717) is 19.6 Å². The van der Waals surface area contributed by atoms with Crippen molar-refractivity contribution in [2.45, 2.75) is 6.42 Å². The van der Waals surface area contributed by atoms with E-state index in [1.807, 2.05) is 6.26 Å². The second-order valence-corrected chi connectivity index (χ2v) is 3.00. The van der Waals surface area contributed by atoms with E-state index in [4.69, 9.17) is 4.74 Å². The summed E-state index contributed by atoms with van der Waals surface area (Å²) in [4.78, 5) is 20.6. The zero-order valence-corrected chi connectivity index (χ0v) is 7.86. The summed E-state index contributed by atoms with van der Waals surface area (Å²) in [5.41, 5.74) is 0. The number of nitrogens with one attached hydrogen (secondary N) is 1. The number of thioether (sulfide) groups is 1. The topological polar surface area (TPSA) is 55.4 Å². The molecule has 4 nitrogen and oxygen atoms in total. The molecule has 0 radical (unpaired) electrons. The Morgan fingerprint density at radius 2 is 2.42 bits per heavy atom. The lowest BCUT2D eigenvalue weighted by atomic mass is 10.5. The van der Waals surface area contributed by atoms with Crippen LogP contribution in [0.5, 0.6) is 0 Å². The van der Waals surface area contributed by atoms with Crippen molar-refractivity contribution in [1.29, 1.82) is 0 Å². The van der Waals surface area contributed by atoms with Gasteiger partial charge in [-0.25, -0.2) is 4.79 Å². The zero-order chi connectivity index (χ0) is 9.23. The van der Waals surface area contributed by atoms with Gasteiger partial charge in [0.25, 0.3) is 0 Å². The molecule has 0 aromatic heterocycles. The fraction of sp³-hybridized carbons (Fsp3) is 0.714. The Bertz CT molecular complexity index is 141. The van der Waals surface area contributed by atoms with Crippen LogP contribution in [0.15, 0.2) is 0 Å². The van der Waals surface area contributed by atoms with Crippen molar-refractivity contribution in [2.75, 3.05) is 25.2 Å². The molecule has 0 aromatic rings. The number of alkyl carbamates (subject to hydrolysis) is 1. The largest absolute Gasteiger partial charge is 0.449 e. The van der Waals surface area contributed by atoms with E-state index in [2.05, 4.69) is 5.32 Å². The van der Waals surface area contributed by atoms with Crippen LogP contribution in [-0.4, -0.2) is 37.5 Å². The molecule has 0 aliphatic carbocycles. The quantitative estimate of drug-likeness (QED) is 0.495. The minimum Gasteiger partial charge on any atom is -0.449 e. The van der Waals surface area contributed by atoms with Crippen LogP contribution in [0, 0.1) is 0 Å². The van der Waals surface area contributed by atoms with Gasteiger partial charge >= 0.3 is 6.09 Å². The minimum atomic E-state index is -0.453. The van der Waals surface area contributed by atoms with E-state index in [1.165, 1.54) is 0 Å². The number of hydrogen-bond donors (Lipinski definition) is 1. The smallest absolute Gasteiger partial charge is 0.407 e. The van der Waals surface area contributed by atoms with Crippen LogP contribution in [0.1, 0.15) is 6.42 Å². The monoisotopic (exact) mass is 191 g/mol. The van der Waals surface area contributed by atoms with Crippen LogP contribution in [0.4, 0.5) is 4.79 Å². The molecule has 5 heteroatoms. The summed E-state index contributed by atoms with van der Waals surface area (Å²) in [6.45, 7) is 0.760. The molecule has 0 heterocycles. The summed E-state index contributed by atoms with van der Waals surface area (Å²) >= 11 is 1.61. The Morgan fingerprint density at radius 3 is 3.00 bits per heavy atom. The van der Waals surface area contributed by atoms with E-state index in [9.17, 15) is 9.59 Å². The van der Waals surface area contributed by atoms with Gasteiger partial charge < -0.3 is 14.8 Å². The van der Waals surface area contributed by atoms with E-state index < -0.39 is 6.09 Å². The molecule has 0 aromatic carbocycles. The van der Waals surface area contributed by atoms with Crippen LogP contribution in [0.2, 0.25) is 0 Å². The summed E-state index contributed by atoms with van der Waals surface area (Å²) in [5, 5.41) is 2.44. The fourth-order valence-corrected chi connectivity index (χ4v) is 0.752. The average Bonchev–Trinajstić information content (AvgIpc) is 2.06. The molecule has 70 valence electrons. The molecule has 0 aliphatic rings. The van der Waals surface area contributed by atoms with Crippen molar-refractivity contribution >= 4 is 24.1 Å². The Labute approximate surface area is 76.0 Å². The fourth-order valence-electron chi connectivity index (χ4n) is 0.502. The molecular formula is C7H13NO3S. The summed E-state index contributed by atoms with van der Waals surface area (Å²) in [6, 6.07) is 0. The van der Waals surface area contributed by atoms with Gasteiger partial charge in [-0.1, -0.05) is 0 Å². The maximum absolute atomic E-state index is 10.7. The molecule has 0 unspecified atom stereocenters. The van der Waals surface area contributed by atoms with Crippen LogP contribution in [-0.2, 0) is 9.53 Å². The molecule has 0 bridgehead atoms. The van der Waals surface area contributed by atoms with E-state index in [-0.39, 0.29) is 0 Å². The molecule has 0 atom stereocenters. The number of ether oxygens (including phenoxy) is 1. The molecule has 0 fully saturated rings. The average molecular weight is 191 g/mol. The number of amides is 1. The Hall–Kier alpha value is -0.710. The molecule has 0 aliphatic heterocycles. The Morgan fingerprint density at radius 1 is 1.67 bits per heavy atom. The van der Waals surface area contributed by atoms with Crippen LogP contribution < -0.4 is 5.32 Å². The van der Waals surface area contributed by atoms with Crippen molar-refractivity contribution in [3.05, 3.63) is 0 Å². The van der Waals surface area contributed by atoms with E-state index in [0.717, 1.165) is 12.0 Å². The number of aldehydes is 1.